The molecule has 0 spiro atoms. The first-order chi connectivity index (χ1) is 16.0. The van der Waals surface area contributed by atoms with E-state index in [1.165, 1.54) is 18.3 Å². The van der Waals surface area contributed by atoms with Gasteiger partial charge in [-0.1, -0.05) is 24.3 Å². The Hall–Kier alpha value is -3.69. The molecule has 2 heterocycles. The van der Waals surface area contributed by atoms with Gasteiger partial charge in [0.05, 0.1) is 11.3 Å². The quantitative estimate of drug-likeness (QED) is 0.282. The van der Waals surface area contributed by atoms with Gasteiger partial charge < -0.3 is 20.6 Å². The van der Waals surface area contributed by atoms with Gasteiger partial charge in [0.2, 0.25) is 5.82 Å². The van der Waals surface area contributed by atoms with E-state index in [1.54, 1.807) is 4.90 Å². The zero-order chi connectivity index (χ0) is 23.6. The number of urea groups is 1. The van der Waals surface area contributed by atoms with Crippen LogP contribution in [0.3, 0.4) is 0 Å². The highest BCUT2D eigenvalue weighted by Crippen LogP contribution is 2.31. The number of carboxylic acid groups (broad SMARTS) is 1. The van der Waals surface area contributed by atoms with Gasteiger partial charge in [-0.25, -0.2) is 9.78 Å². The van der Waals surface area contributed by atoms with Gasteiger partial charge in [-0.2, -0.15) is 0 Å². The second kappa shape index (κ2) is 11.8. The number of nitrogens with one attached hydrogen (secondary N) is 2. The van der Waals surface area contributed by atoms with E-state index in [9.17, 15) is 24.8 Å². The molecule has 0 saturated heterocycles. The third kappa shape index (κ3) is 6.90. The molecule has 10 nitrogen and oxygen atoms in total. The Morgan fingerprint density at radius 3 is 2.73 bits per heavy atom. The molecule has 10 heteroatoms. The fourth-order valence-corrected chi connectivity index (χ4v) is 4.05. The van der Waals surface area contributed by atoms with Crippen molar-refractivity contribution in [2.75, 3.05) is 25.0 Å². The number of fused-ring (bicyclic) bond motifs is 1. The Labute approximate surface area is 192 Å². The summed E-state index contributed by atoms with van der Waals surface area (Å²) in [5.41, 5.74) is 1.95. The van der Waals surface area contributed by atoms with Gasteiger partial charge in [-0.15, -0.1) is 0 Å². The van der Waals surface area contributed by atoms with Crippen LogP contribution in [0.1, 0.15) is 49.1 Å². The Bertz CT molecular complexity index is 983. The normalized spacial score (nSPS) is 15.3. The van der Waals surface area contributed by atoms with Crippen molar-refractivity contribution in [1.82, 2.24) is 15.2 Å². The molecular formula is C23H29N5O5. The average molecular weight is 456 g/mol. The SMILES string of the molecule is O=C(O)CC1CCN(C(=O)NCCCCCNc2ncccc2[N+](=O)[O-])Cc2ccccc21. The molecule has 1 aliphatic rings. The Balaban J connectivity index is 1.40. The van der Waals surface area contributed by atoms with Crippen molar-refractivity contribution in [2.45, 2.75) is 44.6 Å². The molecule has 0 saturated carbocycles. The number of benzene rings is 1. The molecule has 0 fully saturated rings. The van der Waals surface area contributed by atoms with Crippen LogP contribution in [0.15, 0.2) is 42.6 Å². The van der Waals surface area contributed by atoms with Crippen molar-refractivity contribution < 1.29 is 19.6 Å². The zero-order valence-corrected chi connectivity index (χ0v) is 18.4. The molecule has 2 amide bonds. The molecule has 1 aromatic heterocycles. The molecule has 0 aliphatic carbocycles. The number of unbranched alkanes of at least 4 members (excludes halogenated alkanes) is 2. The lowest BCUT2D eigenvalue weighted by molar-refractivity contribution is -0.384. The third-order valence-corrected chi connectivity index (χ3v) is 5.72. The predicted molar refractivity (Wildman–Crippen MR) is 123 cm³/mol. The van der Waals surface area contributed by atoms with E-state index in [-0.39, 0.29) is 29.9 Å². The minimum Gasteiger partial charge on any atom is -0.481 e. The van der Waals surface area contributed by atoms with Gasteiger partial charge in [-0.3, -0.25) is 14.9 Å². The van der Waals surface area contributed by atoms with Crippen LogP contribution in [-0.4, -0.2) is 51.5 Å². The van der Waals surface area contributed by atoms with Crippen molar-refractivity contribution in [1.29, 1.82) is 0 Å². The number of anilines is 1. The van der Waals surface area contributed by atoms with Crippen LogP contribution >= 0.6 is 0 Å². The van der Waals surface area contributed by atoms with Crippen molar-refractivity contribution in [2.24, 2.45) is 0 Å². The molecule has 3 rings (SSSR count). The monoisotopic (exact) mass is 455 g/mol. The number of nitro groups is 1. The number of carbonyl (C=O) groups is 2. The van der Waals surface area contributed by atoms with Crippen LogP contribution in [-0.2, 0) is 11.3 Å². The fraction of sp³-hybridized carbons (Fsp3) is 0.435. The second-order valence-corrected chi connectivity index (χ2v) is 8.05. The topological polar surface area (TPSA) is 138 Å². The summed E-state index contributed by atoms with van der Waals surface area (Å²) in [7, 11) is 0. The number of carboxylic acids is 1. The molecule has 1 aliphatic heterocycles. The van der Waals surface area contributed by atoms with E-state index in [0.717, 1.165) is 30.4 Å². The van der Waals surface area contributed by atoms with E-state index >= 15 is 0 Å². The molecular weight excluding hydrogens is 426 g/mol. The maximum atomic E-state index is 12.7. The predicted octanol–water partition coefficient (Wildman–Crippen LogP) is 3.75. The highest BCUT2D eigenvalue weighted by Gasteiger charge is 2.26. The maximum Gasteiger partial charge on any atom is 0.317 e. The van der Waals surface area contributed by atoms with Gasteiger partial charge in [-0.05, 0) is 48.8 Å². The minimum absolute atomic E-state index is 0.0469. The van der Waals surface area contributed by atoms with Gasteiger partial charge in [0.25, 0.3) is 0 Å². The number of hydrogen-bond acceptors (Lipinski definition) is 6. The number of hydrogen-bond donors (Lipinski definition) is 3. The lowest BCUT2D eigenvalue weighted by atomic mass is 9.90. The molecule has 1 unspecified atom stereocenters. The molecule has 1 aromatic carbocycles. The highest BCUT2D eigenvalue weighted by molar-refractivity contribution is 5.74. The summed E-state index contributed by atoms with van der Waals surface area (Å²) in [4.78, 5) is 40.2. The van der Waals surface area contributed by atoms with E-state index in [0.29, 0.717) is 32.6 Å². The molecule has 1 atom stereocenters. The maximum absolute atomic E-state index is 12.7. The van der Waals surface area contributed by atoms with Crippen molar-refractivity contribution in [3.63, 3.8) is 0 Å². The number of amides is 2. The van der Waals surface area contributed by atoms with E-state index < -0.39 is 10.9 Å². The molecule has 0 bridgehead atoms. The molecule has 0 radical (unpaired) electrons. The number of rotatable bonds is 10. The van der Waals surface area contributed by atoms with Crippen LogP contribution in [0.5, 0.6) is 0 Å². The summed E-state index contributed by atoms with van der Waals surface area (Å²) in [5.74, 6) is -0.669. The number of nitrogens with zero attached hydrogens (tertiary/aromatic N) is 3. The Morgan fingerprint density at radius 1 is 1.15 bits per heavy atom. The van der Waals surface area contributed by atoms with Crippen LogP contribution < -0.4 is 10.6 Å². The van der Waals surface area contributed by atoms with Crippen molar-refractivity contribution in [3.8, 4) is 0 Å². The standard InChI is InChI=1S/C23H29N5O5/c29-21(30)15-17-10-14-27(16-18-7-2-3-8-19(17)18)23(31)26-12-5-1-4-11-24-22-20(28(32)33)9-6-13-25-22/h2-3,6-9,13,17H,1,4-5,10-12,14-16H2,(H,24,25)(H,26,31)(H,29,30). The molecule has 3 N–H and O–H groups in total. The first kappa shape index (κ1) is 24.0. The summed E-state index contributed by atoms with van der Waals surface area (Å²) in [6.07, 6.45) is 4.60. The number of carbonyl (C=O) groups excluding carboxylic acids is 1. The number of aromatic nitrogens is 1. The fourth-order valence-electron chi connectivity index (χ4n) is 4.05. The van der Waals surface area contributed by atoms with Crippen LogP contribution in [0.2, 0.25) is 0 Å². The van der Waals surface area contributed by atoms with Gasteiger partial charge >= 0.3 is 17.7 Å². The summed E-state index contributed by atoms with van der Waals surface area (Å²) in [6, 6.07) is 10.5. The average Bonchev–Trinajstić information content (AvgIpc) is 2.98. The number of aliphatic carboxylic acids is 1. The molecule has 2 aromatic rings. The first-order valence-corrected chi connectivity index (χ1v) is 11.1. The Kier molecular flexibility index (Phi) is 8.56. The summed E-state index contributed by atoms with van der Waals surface area (Å²) in [6.45, 7) is 2.05. The van der Waals surface area contributed by atoms with Crippen LogP contribution in [0.25, 0.3) is 0 Å². The van der Waals surface area contributed by atoms with Crippen molar-refractivity contribution in [3.05, 3.63) is 63.8 Å². The van der Waals surface area contributed by atoms with E-state index in [4.69, 9.17) is 0 Å². The lowest BCUT2D eigenvalue weighted by Crippen LogP contribution is -2.40. The number of pyridine rings is 1. The van der Waals surface area contributed by atoms with Crippen molar-refractivity contribution >= 4 is 23.5 Å². The van der Waals surface area contributed by atoms with Gasteiger partial charge in [0, 0.05) is 38.4 Å². The summed E-state index contributed by atoms with van der Waals surface area (Å²) >= 11 is 0. The first-order valence-electron chi connectivity index (χ1n) is 11.1. The zero-order valence-electron chi connectivity index (χ0n) is 18.4. The molecule has 33 heavy (non-hydrogen) atoms. The Morgan fingerprint density at radius 2 is 1.94 bits per heavy atom. The lowest BCUT2D eigenvalue weighted by Gasteiger charge is -2.21. The second-order valence-electron chi connectivity index (χ2n) is 8.05. The van der Waals surface area contributed by atoms with E-state index in [1.807, 2.05) is 24.3 Å². The third-order valence-electron chi connectivity index (χ3n) is 5.72. The molecule has 176 valence electrons. The van der Waals surface area contributed by atoms with Gasteiger partial charge in [0.15, 0.2) is 0 Å². The highest BCUT2D eigenvalue weighted by atomic mass is 16.6. The summed E-state index contributed by atoms with van der Waals surface area (Å²) in [5, 5.41) is 26.2. The smallest absolute Gasteiger partial charge is 0.317 e. The minimum atomic E-state index is -0.833. The van der Waals surface area contributed by atoms with Crippen LogP contribution in [0, 0.1) is 10.1 Å². The van der Waals surface area contributed by atoms with Gasteiger partial charge in [0.1, 0.15) is 0 Å². The van der Waals surface area contributed by atoms with Crippen LogP contribution in [0.4, 0.5) is 16.3 Å². The summed E-state index contributed by atoms with van der Waals surface area (Å²) < 4.78 is 0. The largest absolute Gasteiger partial charge is 0.481 e. The van der Waals surface area contributed by atoms with E-state index in [2.05, 4.69) is 15.6 Å².